The van der Waals surface area contributed by atoms with Gasteiger partial charge in [0.15, 0.2) is 0 Å². The monoisotopic (exact) mass is 165 g/mol. The maximum atomic E-state index is 10.4. The lowest BCUT2D eigenvalue weighted by molar-refractivity contribution is 0.211. The van der Waals surface area contributed by atoms with E-state index in [1.54, 1.807) is 0 Å². The number of nitrogens with zero attached hydrogens (tertiary/aromatic N) is 1. The summed E-state index contributed by atoms with van der Waals surface area (Å²) >= 11 is 0. The number of nitriles is 1. The second kappa shape index (κ2) is 3.39. The molecule has 0 fully saturated rings. The summed E-state index contributed by atoms with van der Waals surface area (Å²) in [6.07, 6.45) is 0.485. The minimum atomic E-state index is -4.09. The van der Waals surface area contributed by atoms with Crippen LogP contribution in [-0.2, 0) is 18.8 Å². The molecule has 0 bridgehead atoms. The largest absolute Gasteiger partial charge is 0.459 e. The maximum absolute atomic E-state index is 10.4. The Hall–Kier alpha value is -0.800. The van der Waals surface area contributed by atoms with Crippen molar-refractivity contribution in [3.8, 4) is 6.26 Å². The molecule has 0 N–H and O–H groups in total. The van der Waals surface area contributed by atoms with Crippen molar-refractivity contribution >= 4 is 10.4 Å². The highest BCUT2D eigenvalue weighted by Crippen LogP contribution is 1.98. The van der Waals surface area contributed by atoms with Crippen LogP contribution >= 0.6 is 0 Å². The van der Waals surface area contributed by atoms with Gasteiger partial charge in [0.25, 0.3) is 0 Å². The molecule has 0 radical (unpaired) electrons. The molecule has 0 unspecified atom stereocenters. The minimum Gasteiger partial charge on any atom is -0.281 e. The van der Waals surface area contributed by atoms with Gasteiger partial charge < -0.3 is 0 Å². The standard InChI is InChI=1S/C4H7NO4S/c1-4(2)9-10(6,7)8-3-5/h4H,1-2H3. The summed E-state index contributed by atoms with van der Waals surface area (Å²) < 4.78 is 28.5. The van der Waals surface area contributed by atoms with Gasteiger partial charge in [-0.05, 0) is 13.8 Å². The van der Waals surface area contributed by atoms with Crippen LogP contribution in [0.5, 0.6) is 0 Å². The molecule has 0 atom stereocenters. The fraction of sp³-hybridized carbons (Fsp3) is 0.750. The van der Waals surface area contributed by atoms with Crippen LogP contribution in [0.4, 0.5) is 0 Å². The first-order chi connectivity index (χ1) is 4.48. The first-order valence-corrected chi connectivity index (χ1v) is 3.82. The van der Waals surface area contributed by atoms with Gasteiger partial charge in [-0.15, -0.1) is 5.26 Å². The molecule has 5 nitrogen and oxygen atoms in total. The topological polar surface area (TPSA) is 76.4 Å². The molecule has 0 aliphatic heterocycles. The Morgan fingerprint density at radius 1 is 1.50 bits per heavy atom. The highest BCUT2D eigenvalue weighted by Gasteiger charge is 2.13. The van der Waals surface area contributed by atoms with E-state index in [2.05, 4.69) is 8.37 Å². The van der Waals surface area contributed by atoms with E-state index in [-0.39, 0.29) is 0 Å². The van der Waals surface area contributed by atoms with Crippen LogP contribution in [0.25, 0.3) is 0 Å². The molecule has 58 valence electrons. The third kappa shape index (κ3) is 4.12. The van der Waals surface area contributed by atoms with Crippen LogP contribution in [-0.4, -0.2) is 14.5 Å². The van der Waals surface area contributed by atoms with Crippen LogP contribution in [0.3, 0.4) is 0 Å². The Bertz CT molecular complexity index is 224. The number of hydrogen-bond acceptors (Lipinski definition) is 5. The summed E-state index contributed by atoms with van der Waals surface area (Å²) in [5.74, 6) is 0. The van der Waals surface area contributed by atoms with E-state index < -0.39 is 16.5 Å². The zero-order valence-corrected chi connectivity index (χ0v) is 6.38. The van der Waals surface area contributed by atoms with Crippen molar-refractivity contribution in [2.45, 2.75) is 20.0 Å². The molecule has 10 heavy (non-hydrogen) atoms. The van der Waals surface area contributed by atoms with Gasteiger partial charge in [-0.25, -0.2) is 4.18 Å². The first-order valence-electron chi connectivity index (χ1n) is 2.48. The molecule has 0 heterocycles. The van der Waals surface area contributed by atoms with Crippen molar-refractivity contribution in [3.05, 3.63) is 0 Å². The third-order valence-corrected chi connectivity index (χ3v) is 1.35. The fourth-order valence-electron chi connectivity index (χ4n) is 0.301. The molecule has 0 aromatic heterocycles. The minimum absolute atomic E-state index is 0.515. The second-order valence-electron chi connectivity index (χ2n) is 1.73. The Kier molecular flexibility index (Phi) is 3.12. The lowest BCUT2D eigenvalue weighted by Crippen LogP contribution is -2.12. The SMILES string of the molecule is CC(C)OS(=O)(=O)OC#N. The van der Waals surface area contributed by atoms with Gasteiger partial charge >= 0.3 is 16.7 Å². The van der Waals surface area contributed by atoms with E-state index in [0.29, 0.717) is 0 Å². The van der Waals surface area contributed by atoms with E-state index in [1.807, 2.05) is 0 Å². The quantitative estimate of drug-likeness (QED) is 0.556. The third-order valence-electron chi connectivity index (χ3n) is 0.450. The van der Waals surface area contributed by atoms with Crippen molar-refractivity contribution in [1.29, 1.82) is 5.26 Å². The van der Waals surface area contributed by atoms with Crippen LogP contribution in [0, 0.1) is 11.5 Å². The van der Waals surface area contributed by atoms with E-state index in [1.165, 1.54) is 13.8 Å². The Balaban J connectivity index is 4.05. The Morgan fingerprint density at radius 3 is 2.30 bits per heavy atom. The second-order valence-corrected chi connectivity index (χ2v) is 2.90. The van der Waals surface area contributed by atoms with Crippen LogP contribution in [0.1, 0.15) is 13.8 Å². The van der Waals surface area contributed by atoms with Gasteiger partial charge in [0, 0.05) is 0 Å². The van der Waals surface area contributed by atoms with Crippen molar-refractivity contribution < 1.29 is 16.8 Å². The summed E-state index contributed by atoms with van der Waals surface area (Å²) in [6, 6.07) is 0. The van der Waals surface area contributed by atoms with Gasteiger partial charge in [0.2, 0.25) is 0 Å². The van der Waals surface area contributed by atoms with Crippen molar-refractivity contribution in [2.75, 3.05) is 0 Å². The predicted molar refractivity (Wildman–Crippen MR) is 31.8 cm³/mol. The first kappa shape index (κ1) is 9.20. The van der Waals surface area contributed by atoms with E-state index in [4.69, 9.17) is 5.26 Å². The molecule has 0 aromatic rings. The van der Waals surface area contributed by atoms with Crippen molar-refractivity contribution in [3.63, 3.8) is 0 Å². The maximum Gasteiger partial charge on any atom is 0.459 e. The van der Waals surface area contributed by atoms with Crippen molar-refractivity contribution in [1.82, 2.24) is 0 Å². The molecule has 6 heteroatoms. The zero-order valence-electron chi connectivity index (χ0n) is 5.57. The number of rotatable bonds is 3. The molecule has 0 saturated carbocycles. The fourth-order valence-corrected chi connectivity index (χ4v) is 0.903. The van der Waals surface area contributed by atoms with E-state index in [9.17, 15) is 8.42 Å². The summed E-state index contributed by atoms with van der Waals surface area (Å²) in [4.78, 5) is 0. The smallest absolute Gasteiger partial charge is 0.281 e. The van der Waals surface area contributed by atoms with Crippen LogP contribution < -0.4 is 0 Å². The molecule has 0 saturated heterocycles. The predicted octanol–water partition coefficient (Wildman–Crippen LogP) is 0.154. The summed E-state index contributed by atoms with van der Waals surface area (Å²) in [7, 11) is -4.09. The van der Waals surface area contributed by atoms with Gasteiger partial charge in [-0.3, -0.25) is 4.18 Å². The van der Waals surface area contributed by atoms with Crippen LogP contribution in [0.15, 0.2) is 0 Å². The summed E-state index contributed by atoms with van der Waals surface area (Å²) in [6.45, 7) is 3.02. The molecule has 0 aliphatic rings. The average molecular weight is 165 g/mol. The van der Waals surface area contributed by atoms with Gasteiger partial charge in [-0.1, -0.05) is 0 Å². The van der Waals surface area contributed by atoms with E-state index >= 15 is 0 Å². The van der Waals surface area contributed by atoms with E-state index in [0.717, 1.165) is 6.26 Å². The highest BCUT2D eigenvalue weighted by atomic mass is 32.3. The van der Waals surface area contributed by atoms with Crippen molar-refractivity contribution in [2.24, 2.45) is 0 Å². The molecule has 0 rings (SSSR count). The summed E-state index contributed by atoms with van der Waals surface area (Å²) in [5, 5.41) is 7.78. The molecular weight excluding hydrogens is 158 g/mol. The Morgan fingerprint density at radius 2 is 2.00 bits per heavy atom. The molecule has 0 aliphatic carbocycles. The van der Waals surface area contributed by atoms with Gasteiger partial charge in [0.1, 0.15) is 0 Å². The molecule has 0 aromatic carbocycles. The van der Waals surface area contributed by atoms with Gasteiger partial charge in [-0.2, -0.15) is 8.42 Å². The van der Waals surface area contributed by atoms with Gasteiger partial charge in [0.05, 0.1) is 6.10 Å². The number of hydrogen-bond donors (Lipinski definition) is 0. The molecular formula is C4H7NO4S. The highest BCUT2D eigenvalue weighted by molar-refractivity contribution is 7.82. The zero-order chi connectivity index (χ0) is 8.20. The Labute approximate surface area is 59.5 Å². The average Bonchev–Trinajstić information content (AvgIpc) is 1.59. The summed E-state index contributed by atoms with van der Waals surface area (Å²) in [5.41, 5.74) is 0. The lowest BCUT2D eigenvalue weighted by Gasteiger charge is -2.02. The van der Waals surface area contributed by atoms with Crippen LogP contribution in [0.2, 0.25) is 0 Å². The molecule has 0 amide bonds. The molecule has 0 spiro atoms. The normalized spacial score (nSPS) is 11.0. The lowest BCUT2D eigenvalue weighted by atomic mass is 10.5.